The molecular weight excluding hydrogens is 168 g/mol. The molecule has 1 aromatic heterocycles. The van der Waals surface area contributed by atoms with Crippen molar-refractivity contribution in [2.75, 3.05) is 13.7 Å². The van der Waals surface area contributed by atoms with Crippen molar-refractivity contribution in [2.45, 2.75) is 19.3 Å². The van der Waals surface area contributed by atoms with Crippen LogP contribution in [-0.4, -0.2) is 29.2 Å². The maximum absolute atomic E-state index is 11.4. The van der Waals surface area contributed by atoms with E-state index < -0.39 is 0 Å². The van der Waals surface area contributed by atoms with Crippen LogP contribution in [0, 0.1) is 0 Å². The van der Waals surface area contributed by atoms with Crippen molar-refractivity contribution in [3.63, 3.8) is 0 Å². The van der Waals surface area contributed by atoms with Crippen molar-refractivity contribution in [3.8, 4) is 0 Å². The standard InChI is InChI=1S/C9H14N2O2/c1-13-7-3-2-4-9(12)11-6-5-10-8-11/h5-6,8H,2-4,7H2,1H3. The molecule has 0 aromatic carbocycles. The van der Waals surface area contributed by atoms with E-state index in [0.29, 0.717) is 6.42 Å². The molecule has 1 heterocycles. The van der Waals surface area contributed by atoms with E-state index >= 15 is 0 Å². The van der Waals surface area contributed by atoms with Crippen LogP contribution < -0.4 is 0 Å². The highest BCUT2D eigenvalue weighted by Crippen LogP contribution is 1.99. The minimum absolute atomic E-state index is 0.0913. The van der Waals surface area contributed by atoms with Gasteiger partial charge < -0.3 is 4.74 Å². The number of unbranched alkanes of at least 4 members (excludes halogenated alkanes) is 1. The Morgan fingerprint density at radius 1 is 1.54 bits per heavy atom. The number of carbonyl (C=O) groups is 1. The molecule has 13 heavy (non-hydrogen) atoms. The Balaban J connectivity index is 2.19. The normalized spacial score (nSPS) is 10.2. The average Bonchev–Trinajstić information content (AvgIpc) is 2.65. The van der Waals surface area contributed by atoms with Crippen LogP contribution in [-0.2, 0) is 4.74 Å². The SMILES string of the molecule is COCCCCC(=O)n1ccnc1. The van der Waals surface area contributed by atoms with Crippen LogP contribution in [0.15, 0.2) is 18.7 Å². The lowest BCUT2D eigenvalue weighted by Gasteiger charge is -2.00. The van der Waals surface area contributed by atoms with Crippen molar-refractivity contribution in [1.82, 2.24) is 9.55 Å². The first-order valence-corrected chi connectivity index (χ1v) is 4.34. The highest BCUT2D eigenvalue weighted by atomic mass is 16.5. The summed E-state index contributed by atoms with van der Waals surface area (Å²) in [7, 11) is 1.66. The summed E-state index contributed by atoms with van der Waals surface area (Å²) >= 11 is 0. The number of methoxy groups -OCH3 is 1. The first-order chi connectivity index (χ1) is 6.34. The third kappa shape index (κ3) is 3.38. The second kappa shape index (κ2) is 5.48. The van der Waals surface area contributed by atoms with Gasteiger partial charge in [0.15, 0.2) is 0 Å². The van der Waals surface area contributed by atoms with Gasteiger partial charge in [0.2, 0.25) is 5.91 Å². The Hall–Kier alpha value is -1.16. The smallest absolute Gasteiger partial charge is 0.231 e. The zero-order valence-electron chi connectivity index (χ0n) is 7.77. The summed E-state index contributed by atoms with van der Waals surface area (Å²) in [6, 6.07) is 0. The van der Waals surface area contributed by atoms with E-state index in [4.69, 9.17) is 4.74 Å². The van der Waals surface area contributed by atoms with Crippen molar-refractivity contribution in [2.24, 2.45) is 0 Å². The molecule has 0 aliphatic carbocycles. The molecule has 0 spiro atoms. The van der Waals surface area contributed by atoms with Crippen LogP contribution in [0.2, 0.25) is 0 Å². The minimum Gasteiger partial charge on any atom is -0.385 e. The Morgan fingerprint density at radius 2 is 2.38 bits per heavy atom. The van der Waals surface area contributed by atoms with Crippen LogP contribution in [0.1, 0.15) is 24.1 Å². The predicted molar refractivity (Wildman–Crippen MR) is 48.6 cm³/mol. The lowest BCUT2D eigenvalue weighted by atomic mass is 10.2. The zero-order chi connectivity index (χ0) is 9.52. The number of ether oxygens (including phenoxy) is 1. The number of hydrogen-bond acceptors (Lipinski definition) is 3. The predicted octanol–water partition coefficient (Wildman–Crippen LogP) is 1.34. The Kier molecular flexibility index (Phi) is 4.18. The molecule has 0 bridgehead atoms. The van der Waals surface area contributed by atoms with Gasteiger partial charge in [0, 0.05) is 32.5 Å². The number of nitrogens with zero attached hydrogens (tertiary/aromatic N) is 2. The summed E-state index contributed by atoms with van der Waals surface area (Å²) in [4.78, 5) is 15.2. The summed E-state index contributed by atoms with van der Waals surface area (Å²) in [6.07, 6.45) is 7.14. The van der Waals surface area contributed by atoms with Crippen LogP contribution in [0.3, 0.4) is 0 Å². The van der Waals surface area contributed by atoms with Crippen LogP contribution in [0.25, 0.3) is 0 Å². The first-order valence-electron chi connectivity index (χ1n) is 4.34. The van der Waals surface area contributed by atoms with E-state index in [1.54, 1.807) is 19.5 Å². The molecule has 0 fully saturated rings. The Labute approximate surface area is 77.5 Å². The van der Waals surface area contributed by atoms with Crippen LogP contribution >= 0.6 is 0 Å². The van der Waals surface area contributed by atoms with E-state index in [2.05, 4.69) is 4.98 Å². The molecular formula is C9H14N2O2. The quantitative estimate of drug-likeness (QED) is 0.645. The number of carbonyl (C=O) groups excluding carboxylic acids is 1. The van der Waals surface area contributed by atoms with Crippen LogP contribution in [0.4, 0.5) is 0 Å². The molecule has 0 amide bonds. The lowest BCUT2D eigenvalue weighted by Crippen LogP contribution is -2.07. The fraction of sp³-hybridized carbons (Fsp3) is 0.556. The third-order valence-electron chi connectivity index (χ3n) is 1.78. The van der Waals surface area contributed by atoms with Gasteiger partial charge in [-0.05, 0) is 12.8 Å². The van der Waals surface area contributed by atoms with Gasteiger partial charge in [-0.3, -0.25) is 9.36 Å². The second-order valence-corrected chi connectivity index (χ2v) is 2.81. The summed E-state index contributed by atoms with van der Waals surface area (Å²) in [5, 5.41) is 0. The molecule has 0 aliphatic heterocycles. The van der Waals surface area contributed by atoms with Gasteiger partial charge in [-0.25, -0.2) is 4.98 Å². The van der Waals surface area contributed by atoms with Crippen molar-refractivity contribution in [1.29, 1.82) is 0 Å². The van der Waals surface area contributed by atoms with Crippen molar-refractivity contribution in [3.05, 3.63) is 18.7 Å². The molecule has 4 heteroatoms. The molecule has 0 radical (unpaired) electrons. The number of aromatic nitrogens is 2. The largest absolute Gasteiger partial charge is 0.385 e. The van der Waals surface area contributed by atoms with E-state index in [9.17, 15) is 4.79 Å². The van der Waals surface area contributed by atoms with Gasteiger partial charge in [-0.15, -0.1) is 0 Å². The zero-order valence-corrected chi connectivity index (χ0v) is 7.77. The van der Waals surface area contributed by atoms with Crippen molar-refractivity contribution < 1.29 is 9.53 Å². The van der Waals surface area contributed by atoms with E-state index in [0.717, 1.165) is 19.4 Å². The lowest BCUT2D eigenvalue weighted by molar-refractivity contribution is 0.0894. The van der Waals surface area contributed by atoms with Gasteiger partial charge in [-0.2, -0.15) is 0 Å². The van der Waals surface area contributed by atoms with E-state index in [1.165, 1.54) is 10.9 Å². The maximum Gasteiger partial charge on any atom is 0.231 e. The highest BCUT2D eigenvalue weighted by Gasteiger charge is 2.02. The summed E-state index contributed by atoms with van der Waals surface area (Å²) in [6.45, 7) is 0.719. The molecule has 1 rings (SSSR count). The Bertz CT molecular complexity index is 244. The Morgan fingerprint density at radius 3 is 3.00 bits per heavy atom. The molecule has 0 saturated carbocycles. The van der Waals surface area contributed by atoms with E-state index in [1.807, 2.05) is 0 Å². The molecule has 4 nitrogen and oxygen atoms in total. The third-order valence-corrected chi connectivity index (χ3v) is 1.78. The average molecular weight is 182 g/mol. The maximum atomic E-state index is 11.4. The first kappa shape index (κ1) is 9.92. The number of rotatable bonds is 5. The van der Waals surface area contributed by atoms with Gasteiger partial charge >= 0.3 is 0 Å². The summed E-state index contributed by atoms with van der Waals surface area (Å²) in [5.41, 5.74) is 0. The second-order valence-electron chi connectivity index (χ2n) is 2.81. The monoisotopic (exact) mass is 182 g/mol. The molecule has 0 N–H and O–H groups in total. The number of hydrogen-bond donors (Lipinski definition) is 0. The van der Waals surface area contributed by atoms with Crippen LogP contribution in [0.5, 0.6) is 0 Å². The molecule has 0 unspecified atom stereocenters. The highest BCUT2D eigenvalue weighted by molar-refractivity contribution is 5.78. The topological polar surface area (TPSA) is 44.1 Å². The van der Waals surface area contributed by atoms with Gasteiger partial charge in [0.25, 0.3) is 0 Å². The fourth-order valence-electron chi connectivity index (χ4n) is 1.06. The fourth-order valence-corrected chi connectivity index (χ4v) is 1.06. The molecule has 0 aliphatic rings. The van der Waals surface area contributed by atoms with Crippen molar-refractivity contribution >= 4 is 5.91 Å². The van der Waals surface area contributed by atoms with Gasteiger partial charge in [0.05, 0.1) is 0 Å². The molecule has 1 aromatic rings. The van der Waals surface area contributed by atoms with E-state index in [-0.39, 0.29) is 5.91 Å². The van der Waals surface area contributed by atoms with Gasteiger partial charge in [-0.1, -0.05) is 0 Å². The number of imidazole rings is 1. The van der Waals surface area contributed by atoms with Gasteiger partial charge in [0.1, 0.15) is 6.33 Å². The molecule has 0 atom stereocenters. The summed E-state index contributed by atoms with van der Waals surface area (Å²) in [5.74, 6) is 0.0913. The molecule has 72 valence electrons. The minimum atomic E-state index is 0.0913. The summed E-state index contributed by atoms with van der Waals surface area (Å²) < 4.78 is 6.39. The molecule has 0 saturated heterocycles.